The molecule has 8 rings (SSSR count). The molecule has 0 aliphatic heterocycles. The van der Waals surface area contributed by atoms with E-state index in [9.17, 15) is 0 Å². The standard InChI is InChI=1S/C46H36N2/c1-29-15-19-35(20-16-29)43-27-39(33-11-7-5-8-12-33)41-25-37(23-31(3)45(41)47-43)38-24-32(4)46-42(26-38)40(34-13-9-6-10-14-34)28-44(48-46)36-21-17-30(2)18-22-36/h5-28H,1-4H3. The van der Waals surface area contributed by atoms with Crippen LogP contribution in [0.25, 0.3) is 77.7 Å². The van der Waals surface area contributed by atoms with E-state index in [2.05, 4.69) is 173 Å². The highest BCUT2D eigenvalue weighted by molar-refractivity contribution is 6.03. The number of aromatic nitrogens is 2. The van der Waals surface area contributed by atoms with Gasteiger partial charge in [0, 0.05) is 21.9 Å². The van der Waals surface area contributed by atoms with Gasteiger partial charge in [0.25, 0.3) is 0 Å². The van der Waals surface area contributed by atoms with Gasteiger partial charge in [0.1, 0.15) is 0 Å². The highest BCUT2D eigenvalue weighted by atomic mass is 14.7. The van der Waals surface area contributed by atoms with Crippen LogP contribution in [0.5, 0.6) is 0 Å². The Morgan fingerprint density at radius 2 is 0.708 bits per heavy atom. The lowest BCUT2D eigenvalue weighted by atomic mass is 9.90. The third-order valence-electron chi connectivity index (χ3n) is 9.41. The normalized spacial score (nSPS) is 11.3. The third-order valence-corrected chi connectivity index (χ3v) is 9.41. The molecule has 0 aliphatic carbocycles. The zero-order valence-electron chi connectivity index (χ0n) is 27.8. The summed E-state index contributed by atoms with van der Waals surface area (Å²) >= 11 is 0. The summed E-state index contributed by atoms with van der Waals surface area (Å²) in [6.07, 6.45) is 0. The smallest absolute Gasteiger partial charge is 0.0745 e. The fourth-order valence-corrected chi connectivity index (χ4v) is 6.79. The predicted molar refractivity (Wildman–Crippen MR) is 203 cm³/mol. The summed E-state index contributed by atoms with van der Waals surface area (Å²) in [6, 6.07) is 52.4. The molecule has 2 heterocycles. The van der Waals surface area contributed by atoms with E-state index in [1.54, 1.807) is 0 Å². The average molecular weight is 617 g/mol. The fraction of sp³-hybridized carbons (Fsp3) is 0.0870. The summed E-state index contributed by atoms with van der Waals surface area (Å²) in [5.41, 5.74) is 18.2. The van der Waals surface area contributed by atoms with Gasteiger partial charge in [0.05, 0.1) is 22.4 Å². The SMILES string of the molecule is Cc1ccc(-c2cc(-c3ccccc3)c3cc(-c4cc(C)c5nc(-c6ccc(C)cc6)cc(-c6ccccc6)c5c4)cc(C)c3n2)cc1. The Hall–Kier alpha value is -5.86. The third kappa shape index (κ3) is 5.46. The zero-order valence-corrected chi connectivity index (χ0v) is 27.8. The Labute approximate surface area is 282 Å². The average Bonchev–Trinajstić information content (AvgIpc) is 3.12. The fourth-order valence-electron chi connectivity index (χ4n) is 6.79. The van der Waals surface area contributed by atoms with Crippen molar-refractivity contribution in [1.29, 1.82) is 0 Å². The van der Waals surface area contributed by atoms with Crippen LogP contribution in [0.2, 0.25) is 0 Å². The van der Waals surface area contributed by atoms with E-state index in [1.165, 1.54) is 44.5 Å². The number of hydrogen-bond donors (Lipinski definition) is 0. The monoisotopic (exact) mass is 616 g/mol. The van der Waals surface area contributed by atoms with Gasteiger partial charge >= 0.3 is 0 Å². The molecule has 0 atom stereocenters. The summed E-state index contributed by atoms with van der Waals surface area (Å²) in [5.74, 6) is 0. The molecule has 8 aromatic rings. The molecular weight excluding hydrogens is 581 g/mol. The topological polar surface area (TPSA) is 25.8 Å². The van der Waals surface area contributed by atoms with Crippen LogP contribution in [-0.4, -0.2) is 9.97 Å². The lowest BCUT2D eigenvalue weighted by Gasteiger charge is -2.16. The van der Waals surface area contributed by atoms with Crippen LogP contribution in [0, 0.1) is 27.7 Å². The van der Waals surface area contributed by atoms with Crippen molar-refractivity contribution in [3.63, 3.8) is 0 Å². The molecule has 0 saturated carbocycles. The van der Waals surface area contributed by atoms with E-state index in [0.29, 0.717) is 0 Å². The summed E-state index contributed by atoms with van der Waals surface area (Å²) in [5, 5.41) is 2.31. The molecule has 2 nitrogen and oxygen atoms in total. The Bertz CT molecular complexity index is 2270. The molecule has 0 unspecified atom stereocenters. The maximum absolute atomic E-state index is 5.25. The number of benzene rings is 6. The second-order valence-corrected chi connectivity index (χ2v) is 13.0. The number of nitrogens with zero attached hydrogens (tertiary/aromatic N) is 2. The van der Waals surface area contributed by atoms with Crippen LogP contribution >= 0.6 is 0 Å². The largest absolute Gasteiger partial charge is 0.247 e. The van der Waals surface area contributed by atoms with Gasteiger partial charge in [-0.2, -0.15) is 0 Å². The second kappa shape index (κ2) is 12.1. The molecule has 0 spiro atoms. The first-order chi connectivity index (χ1) is 23.4. The van der Waals surface area contributed by atoms with Crippen molar-refractivity contribution in [3.8, 4) is 55.9 Å². The van der Waals surface area contributed by atoms with Gasteiger partial charge in [-0.05, 0) is 109 Å². The lowest BCUT2D eigenvalue weighted by molar-refractivity contribution is 1.34. The minimum Gasteiger partial charge on any atom is -0.247 e. The number of pyridine rings is 2. The summed E-state index contributed by atoms with van der Waals surface area (Å²) in [6.45, 7) is 8.61. The van der Waals surface area contributed by atoms with Crippen LogP contribution in [0.15, 0.2) is 146 Å². The zero-order chi connectivity index (χ0) is 32.8. The molecular formula is C46H36N2. The molecule has 0 radical (unpaired) electrons. The summed E-state index contributed by atoms with van der Waals surface area (Å²) in [4.78, 5) is 10.5. The molecule has 0 N–H and O–H groups in total. The molecule has 2 heteroatoms. The van der Waals surface area contributed by atoms with Crippen LogP contribution in [0.4, 0.5) is 0 Å². The van der Waals surface area contributed by atoms with E-state index < -0.39 is 0 Å². The van der Waals surface area contributed by atoms with Gasteiger partial charge in [-0.1, -0.05) is 120 Å². The van der Waals surface area contributed by atoms with Crippen LogP contribution in [-0.2, 0) is 0 Å². The molecule has 0 amide bonds. The maximum atomic E-state index is 5.25. The van der Waals surface area contributed by atoms with E-state index in [1.807, 2.05) is 0 Å². The number of aryl methyl sites for hydroxylation is 4. The highest BCUT2D eigenvalue weighted by Gasteiger charge is 2.17. The van der Waals surface area contributed by atoms with Gasteiger partial charge in [-0.25, -0.2) is 9.97 Å². The first kappa shape index (κ1) is 29.5. The van der Waals surface area contributed by atoms with Crippen molar-refractivity contribution < 1.29 is 0 Å². The summed E-state index contributed by atoms with van der Waals surface area (Å²) in [7, 11) is 0. The van der Waals surface area contributed by atoms with Crippen molar-refractivity contribution in [1.82, 2.24) is 9.97 Å². The molecule has 0 bridgehead atoms. The van der Waals surface area contributed by atoms with Crippen molar-refractivity contribution in [2.24, 2.45) is 0 Å². The van der Waals surface area contributed by atoms with Crippen LogP contribution in [0.1, 0.15) is 22.3 Å². The minimum atomic E-state index is 0.988. The second-order valence-electron chi connectivity index (χ2n) is 13.0. The van der Waals surface area contributed by atoms with Crippen molar-refractivity contribution in [3.05, 3.63) is 168 Å². The Morgan fingerprint density at radius 1 is 0.333 bits per heavy atom. The molecule has 2 aromatic heterocycles. The molecule has 0 aliphatic rings. The van der Waals surface area contributed by atoms with Crippen LogP contribution in [0.3, 0.4) is 0 Å². The van der Waals surface area contributed by atoms with Crippen molar-refractivity contribution >= 4 is 21.8 Å². The van der Waals surface area contributed by atoms with E-state index in [-0.39, 0.29) is 0 Å². The molecule has 48 heavy (non-hydrogen) atoms. The van der Waals surface area contributed by atoms with Crippen molar-refractivity contribution in [2.75, 3.05) is 0 Å². The number of rotatable bonds is 5. The minimum absolute atomic E-state index is 0.988. The van der Waals surface area contributed by atoms with Gasteiger partial charge in [-0.3, -0.25) is 0 Å². The quantitative estimate of drug-likeness (QED) is 0.192. The van der Waals surface area contributed by atoms with E-state index in [0.717, 1.165) is 55.4 Å². The van der Waals surface area contributed by atoms with Gasteiger partial charge in [0.15, 0.2) is 0 Å². The number of fused-ring (bicyclic) bond motifs is 2. The molecule has 6 aromatic carbocycles. The number of hydrogen-bond acceptors (Lipinski definition) is 2. The molecule has 0 fully saturated rings. The van der Waals surface area contributed by atoms with Crippen LogP contribution < -0.4 is 0 Å². The predicted octanol–water partition coefficient (Wildman–Crippen LogP) is 12.4. The Balaban J connectivity index is 1.35. The molecule has 230 valence electrons. The maximum Gasteiger partial charge on any atom is 0.0745 e. The van der Waals surface area contributed by atoms with Gasteiger partial charge in [0.2, 0.25) is 0 Å². The Kier molecular flexibility index (Phi) is 7.42. The van der Waals surface area contributed by atoms with E-state index >= 15 is 0 Å². The van der Waals surface area contributed by atoms with E-state index in [4.69, 9.17) is 9.97 Å². The highest BCUT2D eigenvalue weighted by Crippen LogP contribution is 2.40. The van der Waals surface area contributed by atoms with Crippen molar-refractivity contribution in [2.45, 2.75) is 27.7 Å². The molecule has 0 saturated heterocycles. The Morgan fingerprint density at radius 3 is 1.08 bits per heavy atom. The van der Waals surface area contributed by atoms with Gasteiger partial charge < -0.3 is 0 Å². The lowest BCUT2D eigenvalue weighted by Crippen LogP contribution is -1.95. The summed E-state index contributed by atoms with van der Waals surface area (Å²) < 4.78 is 0. The van der Waals surface area contributed by atoms with Gasteiger partial charge in [-0.15, -0.1) is 0 Å². The first-order valence-electron chi connectivity index (χ1n) is 16.6. The first-order valence-corrected chi connectivity index (χ1v) is 16.6.